The summed E-state index contributed by atoms with van der Waals surface area (Å²) in [6, 6.07) is 7.81. The highest BCUT2D eigenvalue weighted by Crippen LogP contribution is 2.41. The van der Waals surface area contributed by atoms with Crippen LogP contribution in [0.5, 0.6) is 0 Å². The molecular formula is C52H63F7N10O8. The summed E-state index contributed by atoms with van der Waals surface area (Å²) >= 11 is 0. The number of carbonyl (C=O) groups excluding carboxylic acids is 4. The number of halogens is 7. The van der Waals surface area contributed by atoms with E-state index in [9.17, 15) is 46.2 Å². The van der Waals surface area contributed by atoms with Gasteiger partial charge in [0.2, 0.25) is 5.91 Å². The number of alkyl carbamates (subject to hydrolysis) is 2. The maximum atomic E-state index is 15.9. The number of aliphatic hydroxyl groups is 1. The second-order valence-electron chi connectivity index (χ2n) is 20.5. The lowest BCUT2D eigenvalue weighted by Gasteiger charge is -2.60. The molecule has 4 fully saturated rings. The van der Waals surface area contributed by atoms with Gasteiger partial charge in [-0.3, -0.25) is 19.9 Å². The monoisotopic (exact) mass is 1090 g/mol. The van der Waals surface area contributed by atoms with Crippen LogP contribution in [0.1, 0.15) is 68.9 Å². The van der Waals surface area contributed by atoms with Gasteiger partial charge in [0, 0.05) is 78.6 Å². The fraction of sp³-hybridized carbons (Fsp3) is 0.500. The third-order valence-electron chi connectivity index (χ3n) is 13.6. The van der Waals surface area contributed by atoms with Gasteiger partial charge in [0.05, 0.1) is 51.0 Å². The minimum atomic E-state index is -5.09. The fourth-order valence-corrected chi connectivity index (χ4v) is 9.02. The number of nitrogens with one attached hydrogen (secondary N) is 4. The van der Waals surface area contributed by atoms with Crippen LogP contribution < -0.4 is 32.0 Å². The number of alkyl halides is 5. The summed E-state index contributed by atoms with van der Waals surface area (Å²) in [7, 11) is 1.92. The SMILES string of the molecule is COC(=O)N[C@H](C(=O)NN(Cc1c(F)cc(C(N)=CC=NC(F)F)cc1F)C[C@H](O)[C@H](Cc1ccc(C#Cc2ccc(N3CC4CC(C3)N4C3COC3)nc2)cc1)NC(=O)[C@@H](NC(=O)OC)C(C)(C)C(F)(F)F)C(C)(C)C. The highest BCUT2D eigenvalue weighted by molar-refractivity contribution is 5.87. The number of hydrazine groups is 1. The first kappa shape index (κ1) is 59.2. The number of aliphatic hydroxyl groups excluding tert-OH is 1. The number of aromatic nitrogens is 1. The Morgan fingerprint density at radius 2 is 1.47 bits per heavy atom. The molecule has 4 aliphatic rings. The number of anilines is 1. The summed E-state index contributed by atoms with van der Waals surface area (Å²) in [6.45, 7) is 4.54. The van der Waals surface area contributed by atoms with Crippen LogP contribution >= 0.6 is 0 Å². The van der Waals surface area contributed by atoms with Gasteiger partial charge in [-0.1, -0.05) is 44.7 Å². The zero-order valence-electron chi connectivity index (χ0n) is 43.4. The second-order valence-corrected chi connectivity index (χ2v) is 20.5. The topological polar surface area (TPSA) is 225 Å². The van der Waals surface area contributed by atoms with Crippen molar-refractivity contribution >= 4 is 41.7 Å². The van der Waals surface area contributed by atoms with Crippen molar-refractivity contribution in [2.24, 2.45) is 21.6 Å². The molecule has 0 spiro atoms. The number of nitrogens with two attached hydrogens (primary N) is 1. The van der Waals surface area contributed by atoms with E-state index in [-0.39, 0.29) is 17.7 Å². The Morgan fingerprint density at radius 1 is 0.883 bits per heavy atom. The van der Waals surface area contributed by atoms with Gasteiger partial charge in [-0.25, -0.2) is 33.4 Å². The lowest BCUT2D eigenvalue weighted by Crippen LogP contribution is -2.74. The average Bonchev–Trinajstić information content (AvgIpc) is 3.35. The number of hydrogen-bond acceptors (Lipinski definition) is 14. The van der Waals surface area contributed by atoms with Crippen molar-refractivity contribution in [2.45, 2.75) is 109 Å². The third-order valence-corrected chi connectivity index (χ3v) is 13.6. The number of piperazine rings is 1. The predicted molar refractivity (Wildman–Crippen MR) is 269 cm³/mol. The number of aliphatic imine (C=N–C) groups is 1. The molecule has 2 bridgehead atoms. The molecular weight excluding hydrogens is 1030 g/mol. The first-order valence-corrected chi connectivity index (χ1v) is 24.4. The summed E-state index contributed by atoms with van der Waals surface area (Å²) in [6.07, 6.45) is -5.40. The number of piperidine rings is 1. The van der Waals surface area contributed by atoms with Crippen LogP contribution in [-0.4, -0.2) is 152 Å². The molecule has 0 aliphatic carbocycles. The van der Waals surface area contributed by atoms with Crippen molar-refractivity contribution < 1.29 is 69.2 Å². The van der Waals surface area contributed by atoms with Gasteiger partial charge in [-0.15, -0.1) is 0 Å². The lowest BCUT2D eigenvalue weighted by atomic mass is 9.82. The van der Waals surface area contributed by atoms with Gasteiger partial charge in [-0.2, -0.15) is 22.0 Å². The van der Waals surface area contributed by atoms with Gasteiger partial charge >= 0.3 is 24.9 Å². The summed E-state index contributed by atoms with van der Waals surface area (Å²) in [5, 5.41) is 19.7. The Balaban J connectivity index is 1.28. The molecule has 4 aliphatic heterocycles. The van der Waals surface area contributed by atoms with Crippen LogP contribution in [0.3, 0.4) is 0 Å². The van der Waals surface area contributed by atoms with E-state index in [1.165, 1.54) is 0 Å². The number of carbonyl (C=O) groups is 4. The number of benzene rings is 2. The number of hydrogen-bond donors (Lipinski definition) is 6. The Morgan fingerprint density at radius 3 is 1.99 bits per heavy atom. The number of methoxy groups -OCH3 is 2. The molecule has 7 N–H and O–H groups in total. The van der Waals surface area contributed by atoms with Crippen LogP contribution in [0.15, 0.2) is 65.8 Å². The van der Waals surface area contributed by atoms with Crippen molar-refractivity contribution in [3.8, 4) is 11.8 Å². The number of ether oxygens (including phenoxy) is 3. The molecule has 18 nitrogen and oxygen atoms in total. The summed E-state index contributed by atoms with van der Waals surface area (Å²) < 4.78 is 115. The van der Waals surface area contributed by atoms with Crippen LogP contribution in [-0.2, 0) is 36.8 Å². The zero-order valence-corrected chi connectivity index (χ0v) is 43.4. The Kier molecular flexibility index (Phi) is 19.2. The maximum Gasteiger partial charge on any atom is 0.407 e. The fourth-order valence-electron chi connectivity index (χ4n) is 9.02. The van der Waals surface area contributed by atoms with Crippen molar-refractivity contribution in [3.63, 3.8) is 0 Å². The first-order chi connectivity index (χ1) is 36.2. The van der Waals surface area contributed by atoms with Crippen LogP contribution in [0.25, 0.3) is 5.70 Å². The molecule has 7 rings (SSSR count). The smallest absolute Gasteiger partial charge is 0.407 e. The summed E-state index contributed by atoms with van der Waals surface area (Å²) in [5.41, 5.74) is 4.51. The van der Waals surface area contributed by atoms with E-state index in [2.05, 4.69) is 57.2 Å². The van der Waals surface area contributed by atoms with Crippen LogP contribution in [0, 0.1) is 34.3 Å². The van der Waals surface area contributed by atoms with Crippen molar-refractivity contribution in [3.05, 3.63) is 100 Å². The highest BCUT2D eigenvalue weighted by Gasteiger charge is 2.56. The Bertz CT molecular complexity index is 2670. The second kappa shape index (κ2) is 25.0. The van der Waals surface area contributed by atoms with E-state index < -0.39 is 102 Å². The molecule has 2 aromatic carbocycles. The van der Waals surface area contributed by atoms with Gasteiger partial charge < -0.3 is 45.9 Å². The van der Waals surface area contributed by atoms with E-state index in [1.807, 2.05) is 17.4 Å². The molecule has 4 amide bonds. The van der Waals surface area contributed by atoms with Gasteiger partial charge in [0.1, 0.15) is 29.5 Å². The molecule has 6 atom stereocenters. The number of allylic oxidation sites excluding steroid dienone is 1. The number of fused-ring (bicyclic) bond motifs is 2. The van der Waals surface area contributed by atoms with E-state index in [0.29, 0.717) is 54.9 Å². The molecule has 0 saturated carbocycles. The van der Waals surface area contributed by atoms with Gasteiger partial charge in [0.15, 0.2) is 0 Å². The largest absolute Gasteiger partial charge is 0.453 e. The van der Waals surface area contributed by atoms with Crippen LogP contribution in [0.2, 0.25) is 0 Å². The quantitative estimate of drug-likeness (QED) is 0.0306. The molecule has 3 aromatic rings. The number of nitrogens with zero attached hydrogens (tertiary/aromatic N) is 5. The van der Waals surface area contributed by atoms with E-state index in [1.54, 1.807) is 51.2 Å². The molecule has 25 heteroatoms. The normalized spacial score (nSPS) is 18.8. The standard InChI is InChI=1S/C52H63F7N10O8/c1-50(2,3)43(64-48(73)75-6)46(72)66-68(25-36-37(53)19-32(20-38(36)54)39(60)16-17-61-47(55)56)26-41(70)40(63-45(71)44(65-49(74)76-7)51(4,5)52(57,58)59)18-30-11-8-29(9-12-30)10-13-31-14-15-42(62-22-31)67-23-33-21-34(24-67)69(33)35-27-77-28-35/h8-9,11-12,14-17,19-20,22,33-35,40-41,43-44,47,70H,18,21,23-28,60H2,1-7H3,(H,63,71)(H,64,73)(H,65,74)(H,66,72)/t33?,34?,40-,41-,43+,44+/m0/s1. The van der Waals surface area contributed by atoms with Gasteiger partial charge in [-0.05, 0) is 80.1 Å². The number of rotatable bonds is 19. The van der Waals surface area contributed by atoms with Crippen molar-refractivity contribution in [1.29, 1.82) is 0 Å². The Hall–Kier alpha value is -7.01. The predicted octanol–water partition coefficient (Wildman–Crippen LogP) is 5.02. The van der Waals surface area contributed by atoms with Crippen molar-refractivity contribution in [2.75, 3.05) is 52.0 Å². The van der Waals surface area contributed by atoms with Gasteiger partial charge in [0.25, 0.3) is 5.91 Å². The molecule has 0 radical (unpaired) electrons. The number of pyridine rings is 1. The Labute approximate surface area is 440 Å². The molecule has 4 saturated heterocycles. The minimum Gasteiger partial charge on any atom is -0.453 e. The molecule has 5 heterocycles. The summed E-state index contributed by atoms with van der Waals surface area (Å²) in [5.74, 6) is 2.05. The third kappa shape index (κ3) is 15.1. The van der Waals surface area contributed by atoms with E-state index in [0.717, 1.165) is 76.0 Å². The van der Waals surface area contributed by atoms with E-state index >= 15 is 8.78 Å². The lowest BCUT2D eigenvalue weighted by molar-refractivity contribution is -0.220. The van der Waals surface area contributed by atoms with E-state index in [4.69, 9.17) is 10.5 Å². The minimum absolute atomic E-state index is 0.283. The molecule has 418 valence electrons. The average molecular weight is 1090 g/mol. The molecule has 1 aromatic heterocycles. The summed E-state index contributed by atoms with van der Waals surface area (Å²) in [4.78, 5) is 65.2. The first-order valence-electron chi connectivity index (χ1n) is 24.4. The van der Waals surface area contributed by atoms with Crippen LogP contribution in [0.4, 0.5) is 46.1 Å². The zero-order chi connectivity index (χ0) is 56.6. The highest BCUT2D eigenvalue weighted by atomic mass is 19.4. The maximum absolute atomic E-state index is 15.9. The molecule has 2 unspecified atom stereocenters. The number of amides is 4. The van der Waals surface area contributed by atoms with Crippen molar-refractivity contribution in [1.82, 2.24) is 36.3 Å². The molecule has 77 heavy (non-hydrogen) atoms.